The zero-order valence-electron chi connectivity index (χ0n) is 31.0. The lowest BCUT2D eigenvalue weighted by Crippen LogP contribution is -2.62. The minimum absolute atomic E-state index is 0.106. The monoisotopic (exact) mass is 717 g/mol. The number of carbonyl (C=O) groups is 5. The Morgan fingerprint density at radius 2 is 1.42 bits per heavy atom. The molecule has 4 aliphatic carbocycles. The fraction of sp³-hybridized carbons (Fsp3) is 0.575. The highest BCUT2D eigenvalue weighted by molar-refractivity contribution is 5.93. The van der Waals surface area contributed by atoms with E-state index in [-0.39, 0.29) is 50.7 Å². The van der Waals surface area contributed by atoms with Gasteiger partial charge < -0.3 is 35.6 Å². The van der Waals surface area contributed by atoms with Crippen molar-refractivity contribution in [1.29, 1.82) is 0 Å². The van der Waals surface area contributed by atoms with Gasteiger partial charge in [0.25, 0.3) is 0 Å². The van der Waals surface area contributed by atoms with Crippen molar-refractivity contribution in [1.82, 2.24) is 26.2 Å². The van der Waals surface area contributed by atoms with Crippen LogP contribution in [0.4, 0.5) is 9.59 Å². The molecule has 4 N–H and O–H groups in total. The van der Waals surface area contributed by atoms with E-state index < -0.39 is 35.6 Å². The highest BCUT2D eigenvalue weighted by Crippen LogP contribution is 2.55. The molecular weight excluding hydrogens is 662 g/mol. The van der Waals surface area contributed by atoms with Gasteiger partial charge >= 0.3 is 12.2 Å². The van der Waals surface area contributed by atoms with E-state index in [9.17, 15) is 24.0 Å². The van der Waals surface area contributed by atoms with Crippen LogP contribution in [-0.4, -0.2) is 71.6 Å². The molecular formula is C40H55N5O7. The molecule has 6 rings (SSSR count). The number of benzene rings is 2. The van der Waals surface area contributed by atoms with Crippen LogP contribution < -0.4 is 21.3 Å². The molecule has 1 atom stereocenters. The Hall–Kier alpha value is -4.61. The second-order valence-electron chi connectivity index (χ2n) is 16.0. The molecule has 12 heteroatoms. The molecule has 0 radical (unpaired) electrons. The van der Waals surface area contributed by atoms with Crippen LogP contribution in [0.2, 0.25) is 0 Å². The summed E-state index contributed by atoms with van der Waals surface area (Å²) in [6, 6.07) is 15.9. The summed E-state index contributed by atoms with van der Waals surface area (Å²) >= 11 is 0. The van der Waals surface area contributed by atoms with Gasteiger partial charge in [-0.2, -0.15) is 0 Å². The molecule has 2 aromatic rings. The Kier molecular flexibility index (Phi) is 12.8. The Labute approximate surface area is 307 Å². The summed E-state index contributed by atoms with van der Waals surface area (Å²) < 4.78 is 10.7. The summed E-state index contributed by atoms with van der Waals surface area (Å²) in [4.78, 5) is 67.8. The van der Waals surface area contributed by atoms with Gasteiger partial charge in [0.2, 0.25) is 17.7 Å². The van der Waals surface area contributed by atoms with Gasteiger partial charge in [-0.3, -0.25) is 14.4 Å². The minimum Gasteiger partial charge on any atom is -0.445 e. The van der Waals surface area contributed by atoms with Crippen molar-refractivity contribution >= 4 is 29.9 Å². The topological polar surface area (TPSA) is 155 Å². The number of nitrogens with one attached hydrogen (secondary N) is 4. The average Bonchev–Trinajstić information content (AvgIpc) is 3.06. The van der Waals surface area contributed by atoms with Crippen LogP contribution in [0.5, 0.6) is 0 Å². The van der Waals surface area contributed by atoms with Crippen LogP contribution in [0.3, 0.4) is 0 Å². The minimum atomic E-state index is -1.13. The molecule has 5 amide bonds. The van der Waals surface area contributed by atoms with Crippen LogP contribution in [0, 0.1) is 24.7 Å². The summed E-state index contributed by atoms with van der Waals surface area (Å²) in [5.41, 5.74) is 1.74. The van der Waals surface area contributed by atoms with Gasteiger partial charge in [-0.1, -0.05) is 60.2 Å². The first-order valence-corrected chi connectivity index (χ1v) is 18.6. The van der Waals surface area contributed by atoms with Gasteiger partial charge in [-0.15, -0.1) is 0 Å². The molecule has 0 heterocycles. The summed E-state index contributed by atoms with van der Waals surface area (Å²) in [5.74, 6) is 0.495. The number of nitrogens with zero attached hydrogens (tertiary/aromatic N) is 1. The maximum absolute atomic E-state index is 14.3. The van der Waals surface area contributed by atoms with Crippen molar-refractivity contribution in [2.45, 2.75) is 109 Å². The standard InChI is InChI=1S/C40H55N5O7/c1-27-12-14-28(15-13-27)23-42-34(46)24-45(25-35(47)44-40-20-30-17-31(21-40)19-32(18-30)22-40)36(48)33(43-38(50)52-39(2,3)4)11-8-16-41-37(49)51-26-29-9-6-5-7-10-29/h5-7,9-10,12-15,30-33H,8,11,16-26H2,1-4H3,(H,41,49)(H,42,46)(H,43,50)(H,44,47)/t30?,31?,32?,33-,40?/m0/s1. The predicted molar refractivity (Wildman–Crippen MR) is 196 cm³/mol. The third-order valence-electron chi connectivity index (χ3n) is 10.2. The second-order valence-corrected chi connectivity index (χ2v) is 16.0. The van der Waals surface area contributed by atoms with Crippen molar-refractivity contribution in [2.75, 3.05) is 19.6 Å². The molecule has 0 aliphatic heterocycles. The summed E-state index contributed by atoms with van der Waals surface area (Å²) in [5, 5.41) is 11.5. The van der Waals surface area contributed by atoms with Gasteiger partial charge in [-0.25, -0.2) is 9.59 Å². The maximum atomic E-state index is 14.3. The molecule has 4 bridgehead atoms. The van der Waals surface area contributed by atoms with Crippen LogP contribution in [-0.2, 0) is 37.0 Å². The molecule has 0 saturated heterocycles. The van der Waals surface area contributed by atoms with Crippen LogP contribution in [0.1, 0.15) is 88.8 Å². The third-order valence-corrected chi connectivity index (χ3v) is 10.2. The van der Waals surface area contributed by atoms with Gasteiger partial charge in [0.05, 0.1) is 0 Å². The van der Waals surface area contributed by atoms with Crippen molar-refractivity contribution in [3.8, 4) is 0 Å². The van der Waals surface area contributed by atoms with Crippen LogP contribution in [0.15, 0.2) is 54.6 Å². The normalized spacial score (nSPS) is 22.1. The molecule has 12 nitrogen and oxygen atoms in total. The lowest BCUT2D eigenvalue weighted by molar-refractivity contribution is -0.142. The number of rotatable bonds is 15. The smallest absolute Gasteiger partial charge is 0.408 e. The van der Waals surface area contributed by atoms with Gasteiger partial charge in [0.1, 0.15) is 31.3 Å². The van der Waals surface area contributed by atoms with E-state index in [1.807, 2.05) is 61.5 Å². The largest absolute Gasteiger partial charge is 0.445 e. The molecule has 282 valence electrons. The highest BCUT2D eigenvalue weighted by Gasteiger charge is 2.51. The zero-order valence-corrected chi connectivity index (χ0v) is 31.0. The molecule has 2 aromatic carbocycles. The van der Waals surface area contributed by atoms with E-state index in [2.05, 4.69) is 21.3 Å². The summed E-state index contributed by atoms with van der Waals surface area (Å²) in [6.45, 7) is 6.94. The van der Waals surface area contributed by atoms with E-state index in [1.54, 1.807) is 20.8 Å². The van der Waals surface area contributed by atoms with E-state index in [1.165, 1.54) is 24.2 Å². The quantitative estimate of drug-likeness (QED) is 0.186. The van der Waals surface area contributed by atoms with E-state index in [4.69, 9.17) is 9.47 Å². The number of amides is 5. The number of hydrogen-bond donors (Lipinski definition) is 4. The number of alkyl carbamates (subject to hydrolysis) is 2. The van der Waals surface area contributed by atoms with Crippen LogP contribution >= 0.6 is 0 Å². The first-order valence-electron chi connectivity index (χ1n) is 18.6. The Morgan fingerprint density at radius 3 is 2.04 bits per heavy atom. The van der Waals surface area contributed by atoms with E-state index in [0.29, 0.717) is 24.2 Å². The average molecular weight is 718 g/mol. The van der Waals surface area contributed by atoms with Crippen molar-refractivity contribution in [3.63, 3.8) is 0 Å². The first kappa shape index (κ1) is 38.6. The summed E-state index contributed by atoms with van der Waals surface area (Å²) in [7, 11) is 0. The first-order chi connectivity index (χ1) is 24.7. The number of hydrogen-bond acceptors (Lipinski definition) is 7. The van der Waals surface area contributed by atoms with Gasteiger partial charge in [0, 0.05) is 18.6 Å². The zero-order chi connectivity index (χ0) is 37.3. The lowest BCUT2D eigenvalue weighted by Gasteiger charge is -2.57. The predicted octanol–water partition coefficient (Wildman–Crippen LogP) is 5.12. The van der Waals surface area contributed by atoms with Crippen molar-refractivity contribution in [2.24, 2.45) is 17.8 Å². The SMILES string of the molecule is Cc1ccc(CNC(=O)CN(CC(=O)NC23CC4CC(CC(C4)C2)C3)C(=O)[C@H](CCCNC(=O)OCc2ccccc2)NC(=O)OC(C)(C)C)cc1. The molecule has 0 aromatic heterocycles. The molecule has 4 aliphatic rings. The van der Waals surface area contributed by atoms with Gasteiger partial charge in [-0.05, 0) is 108 Å². The molecule has 52 heavy (non-hydrogen) atoms. The highest BCUT2D eigenvalue weighted by atomic mass is 16.6. The molecule has 4 fully saturated rings. The van der Waals surface area contributed by atoms with Crippen molar-refractivity contribution < 1.29 is 33.4 Å². The Morgan fingerprint density at radius 1 is 0.808 bits per heavy atom. The second kappa shape index (κ2) is 17.3. The van der Waals surface area contributed by atoms with E-state index in [0.717, 1.165) is 36.0 Å². The Bertz CT molecular complexity index is 1520. The van der Waals surface area contributed by atoms with Gasteiger partial charge in [0.15, 0.2) is 0 Å². The third kappa shape index (κ3) is 11.7. The van der Waals surface area contributed by atoms with Crippen molar-refractivity contribution in [3.05, 3.63) is 71.3 Å². The molecule has 4 saturated carbocycles. The maximum Gasteiger partial charge on any atom is 0.408 e. The fourth-order valence-corrected chi connectivity index (χ4v) is 8.32. The Balaban J connectivity index is 1.25. The number of ether oxygens (including phenoxy) is 2. The lowest BCUT2D eigenvalue weighted by atomic mass is 9.53. The fourth-order valence-electron chi connectivity index (χ4n) is 8.32. The number of aryl methyl sites for hydroxylation is 1. The summed E-state index contributed by atoms with van der Waals surface area (Å²) in [6.07, 6.45) is 5.48. The number of carbonyl (C=O) groups excluding carboxylic acids is 5. The molecule has 0 unspecified atom stereocenters. The van der Waals surface area contributed by atoms with Crippen LogP contribution in [0.25, 0.3) is 0 Å². The molecule has 0 spiro atoms. The van der Waals surface area contributed by atoms with E-state index >= 15 is 0 Å².